The van der Waals surface area contributed by atoms with Gasteiger partial charge in [0.25, 0.3) is 0 Å². The summed E-state index contributed by atoms with van der Waals surface area (Å²) < 4.78 is 36.4. The molecule has 0 radical (unpaired) electrons. The molecule has 1 fully saturated rings. The number of fused-ring (bicyclic) bond motifs is 1. The number of alkyl halides is 1. The van der Waals surface area contributed by atoms with Crippen molar-refractivity contribution in [1.82, 2.24) is 19.5 Å². The molecule has 2 aromatic heterocycles. The lowest BCUT2D eigenvalue weighted by atomic mass is 10.1. The smallest absolute Gasteiger partial charge is 0.394 e. The highest BCUT2D eigenvalue weighted by molar-refractivity contribution is 7.46. The minimum absolute atomic E-state index is 0.0869. The molecule has 13 heteroatoms. The fraction of sp³-hybridized carbons (Fsp3) is 0.500. The first-order chi connectivity index (χ1) is 10.8. The average Bonchev–Trinajstić information content (AvgIpc) is 3.01. The van der Waals surface area contributed by atoms with Crippen molar-refractivity contribution in [3.05, 3.63) is 12.7 Å². The third kappa shape index (κ3) is 2.92. The van der Waals surface area contributed by atoms with Crippen molar-refractivity contribution in [2.45, 2.75) is 24.6 Å². The molecule has 23 heavy (non-hydrogen) atoms. The molecule has 126 valence electrons. The van der Waals surface area contributed by atoms with Crippen LogP contribution in [-0.2, 0) is 13.8 Å². The molecule has 0 saturated carbocycles. The number of imidazole rings is 1. The molecular formula is C10H13FN5O6P. The lowest BCUT2D eigenvalue weighted by Crippen LogP contribution is -2.33. The van der Waals surface area contributed by atoms with E-state index in [1.54, 1.807) is 0 Å². The number of ether oxygens (including phenoxy) is 1. The zero-order valence-electron chi connectivity index (χ0n) is 11.4. The number of aliphatic hydroxyl groups excluding tert-OH is 1. The number of nitrogens with two attached hydrogens (primary N) is 1. The monoisotopic (exact) mass is 349 g/mol. The van der Waals surface area contributed by atoms with Gasteiger partial charge in [0, 0.05) is 0 Å². The second kappa shape index (κ2) is 5.74. The summed E-state index contributed by atoms with van der Waals surface area (Å²) in [7, 11) is -4.96. The Balaban J connectivity index is 1.96. The SMILES string of the molecule is Nc1ncnc2c1ncn2[C@@H]1O[C@H](CO)C(OP(=O)(O)O)C1F. The summed E-state index contributed by atoms with van der Waals surface area (Å²) in [6.45, 7) is -0.689. The van der Waals surface area contributed by atoms with E-state index in [0.29, 0.717) is 0 Å². The van der Waals surface area contributed by atoms with Crippen LogP contribution in [0.1, 0.15) is 6.23 Å². The number of aliphatic hydroxyl groups is 1. The number of nitrogen functional groups attached to an aromatic ring is 1. The number of rotatable bonds is 4. The van der Waals surface area contributed by atoms with Gasteiger partial charge < -0.3 is 25.4 Å². The van der Waals surface area contributed by atoms with Gasteiger partial charge in [-0.2, -0.15) is 0 Å². The van der Waals surface area contributed by atoms with Crippen molar-refractivity contribution < 1.29 is 33.1 Å². The molecule has 1 aliphatic heterocycles. The van der Waals surface area contributed by atoms with Crippen molar-refractivity contribution in [1.29, 1.82) is 0 Å². The molecule has 11 nitrogen and oxygen atoms in total. The predicted molar refractivity (Wildman–Crippen MR) is 72.5 cm³/mol. The molecule has 0 amide bonds. The number of anilines is 1. The lowest BCUT2D eigenvalue weighted by molar-refractivity contribution is -0.0454. The van der Waals surface area contributed by atoms with Crippen molar-refractivity contribution in [2.24, 2.45) is 0 Å². The van der Waals surface area contributed by atoms with Crippen molar-refractivity contribution in [3.63, 3.8) is 0 Å². The van der Waals surface area contributed by atoms with E-state index < -0.39 is 39.0 Å². The fourth-order valence-corrected chi connectivity index (χ4v) is 2.97. The van der Waals surface area contributed by atoms with Crippen LogP contribution in [0.2, 0.25) is 0 Å². The van der Waals surface area contributed by atoms with E-state index in [9.17, 15) is 14.1 Å². The second-order valence-electron chi connectivity index (χ2n) is 4.84. The van der Waals surface area contributed by atoms with Gasteiger partial charge in [0.1, 0.15) is 24.1 Å². The fourth-order valence-electron chi connectivity index (χ4n) is 2.41. The van der Waals surface area contributed by atoms with Crippen LogP contribution >= 0.6 is 7.82 Å². The van der Waals surface area contributed by atoms with Gasteiger partial charge in [-0.15, -0.1) is 0 Å². The van der Waals surface area contributed by atoms with Gasteiger partial charge in [-0.3, -0.25) is 9.09 Å². The van der Waals surface area contributed by atoms with Crippen LogP contribution in [0.15, 0.2) is 12.7 Å². The van der Waals surface area contributed by atoms with Gasteiger partial charge in [-0.25, -0.2) is 23.9 Å². The Morgan fingerprint density at radius 3 is 2.83 bits per heavy atom. The largest absolute Gasteiger partial charge is 0.470 e. The van der Waals surface area contributed by atoms with E-state index in [1.165, 1.54) is 10.9 Å². The second-order valence-corrected chi connectivity index (χ2v) is 6.03. The van der Waals surface area contributed by atoms with Gasteiger partial charge in [0.2, 0.25) is 0 Å². The molecule has 2 aromatic rings. The van der Waals surface area contributed by atoms with Crippen molar-refractivity contribution in [3.8, 4) is 0 Å². The molecule has 4 atom stereocenters. The maximum Gasteiger partial charge on any atom is 0.470 e. The van der Waals surface area contributed by atoms with E-state index in [-0.39, 0.29) is 17.0 Å². The summed E-state index contributed by atoms with van der Waals surface area (Å²) >= 11 is 0. The summed E-state index contributed by atoms with van der Waals surface area (Å²) in [5, 5.41) is 9.23. The number of phosphoric ester groups is 1. The van der Waals surface area contributed by atoms with Crippen LogP contribution in [0.5, 0.6) is 0 Å². The van der Waals surface area contributed by atoms with Crippen LogP contribution in [0, 0.1) is 0 Å². The van der Waals surface area contributed by atoms with E-state index in [1.807, 2.05) is 0 Å². The molecule has 0 aromatic carbocycles. The third-order valence-electron chi connectivity index (χ3n) is 3.37. The topological polar surface area (TPSA) is 166 Å². The zero-order valence-corrected chi connectivity index (χ0v) is 12.3. The Morgan fingerprint density at radius 2 is 2.17 bits per heavy atom. The first kappa shape index (κ1) is 16.2. The molecular weight excluding hydrogens is 336 g/mol. The van der Waals surface area contributed by atoms with Crippen LogP contribution in [-0.4, -0.2) is 59.4 Å². The molecule has 0 spiro atoms. The van der Waals surface area contributed by atoms with Crippen molar-refractivity contribution >= 4 is 24.8 Å². The minimum atomic E-state index is -4.96. The third-order valence-corrected chi connectivity index (χ3v) is 3.89. The number of halogens is 1. The summed E-state index contributed by atoms with van der Waals surface area (Å²) in [4.78, 5) is 29.4. The molecule has 0 aliphatic carbocycles. The summed E-state index contributed by atoms with van der Waals surface area (Å²) in [6.07, 6.45) is -3.87. The molecule has 0 bridgehead atoms. The zero-order chi connectivity index (χ0) is 16.8. The highest BCUT2D eigenvalue weighted by atomic mass is 31.2. The van der Waals surface area contributed by atoms with E-state index in [0.717, 1.165) is 6.33 Å². The van der Waals surface area contributed by atoms with E-state index in [2.05, 4.69) is 19.5 Å². The number of phosphoric acid groups is 1. The van der Waals surface area contributed by atoms with Crippen LogP contribution in [0.3, 0.4) is 0 Å². The number of hydrogen-bond donors (Lipinski definition) is 4. The number of hydrogen-bond acceptors (Lipinski definition) is 8. The average molecular weight is 349 g/mol. The lowest BCUT2D eigenvalue weighted by Gasteiger charge is -2.18. The number of aromatic nitrogens is 4. The Hall–Kier alpha value is -1.69. The van der Waals surface area contributed by atoms with E-state index in [4.69, 9.17) is 20.3 Å². The van der Waals surface area contributed by atoms with Gasteiger partial charge >= 0.3 is 7.82 Å². The molecule has 5 N–H and O–H groups in total. The summed E-state index contributed by atoms with van der Waals surface area (Å²) in [6, 6.07) is 0. The summed E-state index contributed by atoms with van der Waals surface area (Å²) in [5.41, 5.74) is 6.04. The first-order valence-corrected chi connectivity index (χ1v) is 7.92. The molecule has 1 saturated heterocycles. The van der Waals surface area contributed by atoms with Crippen LogP contribution in [0.25, 0.3) is 11.2 Å². The van der Waals surface area contributed by atoms with Crippen molar-refractivity contribution in [2.75, 3.05) is 12.3 Å². The molecule has 2 unspecified atom stereocenters. The normalized spacial score (nSPS) is 28.5. The Kier molecular flexibility index (Phi) is 4.04. The molecule has 1 aliphatic rings. The maximum atomic E-state index is 14.6. The van der Waals surface area contributed by atoms with Crippen LogP contribution in [0.4, 0.5) is 10.2 Å². The van der Waals surface area contributed by atoms with Gasteiger partial charge in [-0.1, -0.05) is 0 Å². The number of nitrogens with zero attached hydrogens (tertiary/aromatic N) is 4. The maximum absolute atomic E-state index is 14.6. The quantitative estimate of drug-likeness (QED) is 0.509. The summed E-state index contributed by atoms with van der Waals surface area (Å²) in [5.74, 6) is 0.0869. The van der Waals surface area contributed by atoms with Gasteiger partial charge in [0.05, 0.1) is 12.9 Å². The van der Waals surface area contributed by atoms with Crippen LogP contribution < -0.4 is 5.73 Å². The Bertz CT molecular complexity index is 767. The minimum Gasteiger partial charge on any atom is -0.394 e. The highest BCUT2D eigenvalue weighted by Gasteiger charge is 2.49. The standard InChI is InChI=1S/C10H13FN5O6P/c11-5-7(22-23(18,19)20)4(1-17)21-10(5)16-3-15-6-8(12)13-2-14-9(6)16/h2-5,7,10,17H,1H2,(H2,12,13,14)(H2,18,19,20)/t4-,5?,7?,10-/m1/s1. The molecule has 3 rings (SSSR count). The predicted octanol–water partition coefficient (Wildman–Crippen LogP) is -0.886. The Labute approximate surface area is 128 Å². The molecule has 3 heterocycles. The first-order valence-electron chi connectivity index (χ1n) is 6.39. The highest BCUT2D eigenvalue weighted by Crippen LogP contribution is 2.45. The Morgan fingerprint density at radius 1 is 1.43 bits per heavy atom. The van der Waals surface area contributed by atoms with Gasteiger partial charge in [0.15, 0.2) is 23.9 Å². The van der Waals surface area contributed by atoms with Gasteiger partial charge in [-0.05, 0) is 0 Å². The van der Waals surface area contributed by atoms with E-state index >= 15 is 0 Å².